The number of nitrogens with zero attached hydrogens (tertiary/aromatic N) is 2. The van der Waals surface area contributed by atoms with Gasteiger partial charge in [0.15, 0.2) is 45.6 Å². The number of hydrogen-bond donors (Lipinski definition) is 1. The van der Waals surface area contributed by atoms with E-state index in [0.717, 1.165) is 20.8 Å². The maximum Gasteiger partial charge on any atom is 0.480 e. The third-order valence-corrected chi connectivity index (χ3v) is 7.60. The van der Waals surface area contributed by atoms with Crippen molar-refractivity contribution < 1.29 is 57.3 Å². The number of rotatable bonds is 8. The smallest absolute Gasteiger partial charge is 0.443 e. The normalized spacial score (nSPS) is 12.7. The van der Waals surface area contributed by atoms with Gasteiger partial charge in [0.2, 0.25) is 0 Å². The number of ether oxygens (including phenoxy) is 1. The molecule has 1 aromatic heterocycles. The molecule has 0 fully saturated rings. The molecule has 0 aliphatic rings. The van der Waals surface area contributed by atoms with Crippen molar-refractivity contribution in [1.82, 2.24) is 5.32 Å². The number of carbonyl (C=O) groups excluding carboxylic acids is 1. The number of aryl methyl sites for hydroxylation is 1. The largest absolute Gasteiger partial charge is 0.480 e. The predicted molar refractivity (Wildman–Crippen MR) is 133 cm³/mol. The maximum atomic E-state index is 12.1. The van der Waals surface area contributed by atoms with Crippen LogP contribution in [0.1, 0.15) is 37.5 Å². The fourth-order valence-electron chi connectivity index (χ4n) is 2.79. The molecule has 9 nitrogen and oxygen atoms in total. The van der Waals surface area contributed by atoms with E-state index in [1.165, 1.54) is 5.56 Å². The maximum absolute atomic E-state index is 12.1. The second-order valence-electron chi connectivity index (χ2n) is 8.78. The van der Waals surface area contributed by atoms with E-state index in [0.29, 0.717) is 13.2 Å². The molecule has 0 atom stereocenters. The number of carbonyl (C=O) groups is 1. The van der Waals surface area contributed by atoms with Crippen LogP contribution in [0.3, 0.4) is 0 Å². The highest BCUT2D eigenvalue weighted by molar-refractivity contribution is 8.13. The lowest BCUT2D eigenvalue weighted by molar-refractivity contribution is -0.698. The Hall–Kier alpha value is -3.18. The van der Waals surface area contributed by atoms with Crippen LogP contribution >= 0.6 is 0 Å². The third-order valence-electron chi connectivity index (χ3n) is 4.86. The number of aromatic nitrogens is 1. The highest BCUT2D eigenvalue weighted by Gasteiger charge is 2.46. The summed E-state index contributed by atoms with van der Waals surface area (Å²) < 4.78 is 117. The van der Waals surface area contributed by atoms with Crippen molar-refractivity contribution >= 4 is 31.7 Å². The van der Waals surface area contributed by atoms with Crippen molar-refractivity contribution in [1.29, 1.82) is 0 Å². The number of nitrogens with one attached hydrogen (secondary N) is 1. The topological polar surface area (TPSA) is 125 Å². The van der Waals surface area contributed by atoms with Crippen molar-refractivity contribution in [2.24, 2.45) is 0 Å². The molecule has 2 aromatic rings. The molecule has 1 heterocycles. The Kier molecular flexibility index (Phi) is 11.3. The van der Waals surface area contributed by atoms with Gasteiger partial charge in [-0.25, -0.2) is 26.2 Å². The molecule has 224 valence electrons. The summed E-state index contributed by atoms with van der Waals surface area (Å²) in [5.74, 6) is 0. The number of sulfonamides is 2. The standard InChI is InChI=1S/C21H26N2O2.C2F6NO4S2/c1-16(2)18-9-6-10-19(14-18)21(4,5)22-20(24)25-13-12-23-11-7-8-17(3)15-23;3-1(4,5)14(10,11)9-15(12,13)2(6,7)8/h6-11,14-15H,1,12-13H2,2-5H3;/q;-1/p+1. The minimum atomic E-state index is -6.72. The second-order valence-corrected chi connectivity index (χ2v) is 12.2. The first-order chi connectivity index (χ1) is 18.0. The van der Waals surface area contributed by atoms with Gasteiger partial charge in [-0.15, -0.1) is 0 Å². The van der Waals surface area contributed by atoms with Crippen LogP contribution in [-0.2, 0) is 36.9 Å². The molecule has 1 amide bonds. The zero-order valence-corrected chi connectivity index (χ0v) is 23.3. The van der Waals surface area contributed by atoms with Crippen molar-refractivity contribution in [3.63, 3.8) is 0 Å². The lowest BCUT2D eigenvalue weighted by Crippen LogP contribution is -2.43. The molecule has 40 heavy (non-hydrogen) atoms. The average molecular weight is 620 g/mol. The van der Waals surface area contributed by atoms with Gasteiger partial charge in [0.1, 0.15) is 0 Å². The van der Waals surface area contributed by atoms with Crippen LogP contribution < -0.4 is 9.88 Å². The molecule has 0 saturated carbocycles. The molecule has 0 aliphatic carbocycles. The summed E-state index contributed by atoms with van der Waals surface area (Å²) >= 11 is 0. The van der Waals surface area contributed by atoms with Gasteiger partial charge in [-0.3, -0.25) is 0 Å². The number of pyridine rings is 1. The monoisotopic (exact) mass is 619 g/mol. The van der Waals surface area contributed by atoms with E-state index in [9.17, 15) is 48.0 Å². The zero-order chi connectivity index (χ0) is 31.2. The highest BCUT2D eigenvalue weighted by atomic mass is 32.3. The van der Waals surface area contributed by atoms with Gasteiger partial charge in [-0.2, -0.15) is 26.3 Å². The van der Waals surface area contributed by atoms with Crippen LogP contribution in [0.4, 0.5) is 31.1 Å². The fourth-order valence-corrected chi connectivity index (χ4v) is 4.50. The number of hydrogen-bond acceptors (Lipinski definition) is 6. The molecule has 0 saturated heterocycles. The summed E-state index contributed by atoms with van der Waals surface area (Å²) in [5.41, 5.74) is -8.69. The van der Waals surface area contributed by atoms with E-state index in [-0.39, 0.29) is 0 Å². The Morgan fingerprint density at radius 2 is 1.55 bits per heavy atom. The average Bonchev–Trinajstić information content (AvgIpc) is 2.77. The number of alkyl halides is 6. The first-order valence-electron chi connectivity index (χ1n) is 11.0. The molecule has 17 heteroatoms. The Morgan fingerprint density at radius 1 is 1.00 bits per heavy atom. The van der Waals surface area contributed by atoms with Gasteiger partial charge in [0, 0.05) is 11.6 Å². The third kappa shape index (κ3) is 10.4. The van der Waals surface area contributed by atoms with Gasteiger partial charge in [0.25, 0.3) is 0 Å². The highest BCUT2D eigenvalue weighted by Crippen LogP contribution is 2.36. The molecule has 1 N–H and O–H groups in total. The molecule has 0 unspecified atom stereocenters. The van der Waals surface area contributed by atoms with Gasteiger partial charge in [0.05, 0.1) is 5.54 Å². The van der Waals surface area contributed by atoms with Crippen molar-refractivity contribution in [2.75, 3.05) is 6.61 Å². The van der Waals surface area contributed by atoms with Gasteiger partial charge in [-0.05, 0) is 51.0 Å². The van der Waals surface area contributed by atoms with E-state index in [1.54, 1.807) is 0 Å². The molecular formula is C23H27F6N3O6S2. The summed E-state index contributed by atoms with van der Waals surface area (Å²) in [5, 5.41) is 2.94. The van der Waals surface area contributed by atoms with Gasteiger partial charge in [-0.1, -0.05) is 30.4 Å². The molecule has 0 spiro atoms. The first kappa shape index (κ1) is 34.8. The fraction of sp³-hybridized carbons (Fsp3) is 0.391. The van der Waals surface area contributed by atoms with Crippen LogP contribution in [0.2, 0.25) is 0 Å². The molecule has 0 radical (unpaired) electrons. The molecule has 0 aliphatic heterocycles. The summed E-state index contributed by atoms with van der Waals surface area (Å²) in [4.78, 5) is 12.1. The number of alkyl carbamates (subject to hydrolysis) is 1. The number of amides is 1. The van der Waals surface area contributed by atoms with E-state index in [4.69, 9.17) is 4.74 Å². The van der Waals surface area contributed by atoms with Gasteiger partial charge >= 0.3 is 17.1 Å². The zero-order valence-electron chi connectivity index (χ0n) is 21.7. The van der Waals surface area contributed by atoms with E-state index >= 15 is 0 Å². The Labute approximate surface area is 228 Å². The second kappa shape index (κ2) is 13.0. The van der Waals surface area contributed by atoms with Crippen LogP contribution in [0, 0.1) is 6.92 Å². The van der Waals surface area contributed by atoms with Crippen LogP contribution in [0.25, 0.3) is 9.70 Å². The Bertz CT molecular complexity index is 1380. The van der Waals surface area contributed by atoms with Gasteiger partial charge < -0.3 is 14.2 Å². The summed E-state index contributed by atoms with van der Waals surface area (Å²) in [6, 6.07) is 12.0. The van der Waals surface area contributed by atoms with Crippen molar-refractivity contribution in [2.45, 2.75) is 50.8 Å². The SMILES string of the molecule is C=C(C)c1cccc(C(C)(C)NC(=O)OCC[n+]2cccc(C)c2)c1.O=S(=O)([N-]S(=O)(=O)C(F)(F)F)C(F)(F)F. The molecule has 2 rings (SSSR count). The minimum Gasteiger partial charge on any atom is -0.443 e. The molecule has 0 bridgehead atoms. The van der Waals surface area contributed by atoms with Crippen molar-refractivity contribution in [3.8, 4) is 0 Å². The quantitative estimate of drug-likeness (QED) is 0.326. The van der Waals surface area contributed by atoms with Crippen LogP contribution in [0.15, 0.2) is 55.4 Å². The summed E-state index contributed by atoms with van der Waals surface area (Å²) in [6.07, 6.45) is 3.56. The first-order valence-corrected chi connectivity index (χ1v) is 13.9. The minimum absolute atomic E-state index is 0.321. The Morgan fingerprint density at radius 3 is 2.02 bits per heavy atom. The lowest BCUT2D eigenvalue weighted by Gasteiger charge is -2.27. The van der Waals surface area contributed by atoms with E-state index < -0.39 is 42.7 Å². The summed E-state index contributed by atoms with van der Waals surface area (Å²) in [7, 11) is -13.4. The van der Waals surface area contributed by atoms with Crippen molar-refractivity contribution in [3.05, 3.63) is 76.2 Å². The van der Waals surface area contributed by atoms with Crippen LogP contribution in [0.5, 0.6) is 0 Å². The molecule has 1 aromatic carbocycles. The Balaban J connectivity index is 0.000000459. The van der Waals surface area contributed by atoms with E-state index in [2.05, 4.69) is 11.9 Å². The number of halogens is 6. The van der Waals surface area contributed by atoms with Crippen LogP contribution in [-0.4, -0.2) is 40.6 Å². The van der Waals surface area contributed by atoms with E-state index in [1.807, 2.05) is 81.1 Å². The predicted octanol–water partition coefficient (Wildman–Crippen LogP) is 5.04. The number of allylic oxidation sites excluding steroid dienone is 1. The molecular weight excluding hydrogens is 592 g/mol. The lowest BCUT2D eigenvalue weighted by atomic mass is 9.92. The number of benzene rings is 1. The summed E-state index contributed by atoms with van der Waals surface area (Å²) in [6.45, 7) is 12.8.